The van der Waals surface area contributed by atoms with Gasteiger partial charge in [0.05, 0.1) is 0 Å². The van der Waals surface area contributed by atoms with Gasteiger partial charge in [-0.25, -0.2) is 0 Å². The number of fused-ring (bicyclic) bond motifs is 12. The van der Waals surface area contributed by atoms with E-state index in [4.69, 9.17) is 4.42 Å². The zero-order valence-electron chi connectivity index (χ0n) is 31.3. The van der Waals surface area contributed by atoms with Crippen LogP contribution in [-0.4, -0.2) is 0 Å². The van der Waals surface area contributed by atoms with Gasteiger partial charge in [0, 0.05) is 36.5 Å². The van der Waals surface area contributed by atoms with Crippen LogP contribution in [0.1, 0.15) is 0 Å². The van der Waals surface area contributed by atoms with Crippen LogP contribution in [0.3, 0.4) is 0 Å². The third kappa shape index (κ3) is 4.64. The summed E-state index contributed by atoms with van der Waals surface area (Å²) in [6.45, 7) is 0. The van der Waals surface area contributed by atoms with Gasteiger partial charge in [0.1, 0.15) is 11.2 Å². The van der Waals surface area contributed by atoms with Crippen molar-refractivity contribution in [2.75, 3.05) is 0 Å². The van der Waals surface area contributed by atoms with Gasteiger partial charge in [0.25, 0.3) is 0 Å². The third-order valence-electron chi connectivity index (χ3n) is 12.4. The molecule has 0 atom stereocenters. The van der Waals surface area contributed by atoms with Gasteiger partial charge in [-0.05, 0) is 124 Å². The minimum Gasteiger partial charge on any atom is -0.455 e. The Bertz CT molecular complexity index is 3810. The highest BCUT2D eigenvalue weighted by Gasteiger charge is 2.19. The van der Waals surface area contributed by atoms with E-state index in [0.717, 1.165) is 33.1 Å². The molecule has 0 spiro atoms. The SMILES string of the molecule is c1ccc2cc(-c3c4ccccc4c(-c4ccc5oc6c(-c7ccc8cc9sc%10ccc%11ccccc%11c%10c9cc8c7)cccc6c5c4)c4ccccc34)ccc2c1. The standard InChI is InChI=1S/C56H32OS/c1-2-12-35-28-38(23-20-33(35)10-1)53-43-14-5-7-16-45(43)54(46-17-8-6-15-44(46)53)39-24-26-50-48(30-39)47-19-9-18-42(56(47)57-50)37-22-21-36-32-52-49(31-40(36)29-37)55-41-13-4-3-11-34(41)25-27-51(55)58-52/h1-32H. The molecule has 0 fully saturated rings. The van der Waals surface area contributed by atoms with E-state index < -0.39 is 0 Å². The van der Waals surface area contributed by atoms with Crippen LogP contribution in [0.15, 0.2) is 199 Å². The summed E-state index contributed by atoms with van der Waals surface area (Å²) in [5.41, 5.74) is 9.01. The van der Waals surface area contributed by atoms with E-state index in [-0.39, 0.29) is 0 Å². The maximum absolute atomic E-state index is 6.79. The molecule has 2 heterocycles. The molecule has 0 N–H and O–H groups in total. The fourth-order valence-corrected chi connectivity index (χ4v) is 10.9. The van der Waals surface area contributed by atoms with E-state index in [0.29, 0.717) is 0 Å². The van der Waals surface area contributed by atoms with Gasteiger partial charge in [-0.1, -0.05) is 152 Å². The number of benzene rings is 11. The van der Waals surface area contributed by atoms with E-state index >= 15 is 0 Å². The molecule has 2 heteroatoms. The quantitative estimate of drug-likeness (QED) is 0.164. The molecule has 0 saturated heterocycles. The second-order valence-corrected chi connectivity index (χ2v) is 16.7. The molecular weight excluding hydrogens is 721 g/mol. The Morgan fingerprint density at radius 2 is 0.879 bits per heavy atom. The van der Waals surface area contributed by atoms with Crippen molar-refractivity contribution in [2.24, 2.45) is 0 Å². The Morgan fingerprint density at radius 3 is 1.66 bits per heavy atom. The van der Waals surface area contributed by atoms with E-state index in [2.05, 4.69) is 194 Å². The molecule has 0 aliphatic heterocycles. The Balaban J connectivity index is 0.986. The lowest BCUT2D eigenvalue weighted by Gasteiger charge is -2.18. The predicted octanol–water partition coefficient (Wildman–Crippen LogP) is 16.7. The van der Waals surface area contributed by atoms with Crippen LogP contribution in [0, 0.1) is 0 Å². The highest BCUT2D eigenvalue weighted by molar-refractivity contribution is 7.26. The van der Waals surface area contributed by atoms with Crippen LogP contribution in [-0.2, 0) is 0 Å². The maximum atomic E-state index is 6.79. The van der Waals surface area contributed by atoms with Crippen molar-refractivity contribution in [2.45, 2.75) is 0 Å². The Labute approximate surface area is 337 Å². The topological polar surface area (TPSA) is 13.1 Å². The Kier molecular flexibility index (Phi) is 6.66. The summed E-state index contributed by atoms with van der Waals surface area (Å²) < 4.78 is 9.45. The molecule has 0 amide bonds. The van der Waals surface area contributed by atoms with Crippen LogP contribution < -0.4 is 0 Å². The highest BCUT2D eigenvalue weighted by atomic mass is 32.1. The average Bonchev–Trinajstić information content (AvgIpc) is 3.84. The number of thiophene rings is 1. The molecule has 0 bridgehead atoms. The Hall–Kier alpha value is -7.26. The number of hydrogen-bond donors (Lipinski definition) is 0. The molecule has 0 aliphatic rings. The molecule has 11 aromatic carbocycles. The summed E-state index contributed by atoms with van der Waals surface area (Å²) in [5.74, 6) is 0. The molecule has 0 aliphatic carbocycles. The summed E-state index contributed by atoms with van der Waals surface area (Å²) in [7, 11) is 0. The van der Waals surface area contributed by atoms with Gasteiger partial charge in [0.2, 0.25) is 0 Å². The molecule has 0 saturated carbocycles. The van der Waals surface area contributed by atoms with Crippen LogP contribution in [0.25, 0.3) is 129 Å². The summed E-state index contributed by atoms with van der Waals surface area (Å²) in [5, 5.41) is 17.5. The first-order chi connectivity index (χ1) is 28.7. The lowest BCUT2D eigenvalue weighted by molar-refractivity contribution is 0.670. The van der Waals surface area contributed by atoms with Crippen LogP contribution in [0.4, 0.5) is 0 Å². The van der Waals surface area contributed by atoms with Gasteiger partial charge in [-0.3, -0.25) is 0 Å². The molecule has 2 aromatic heterocycles. The zero-order chi connectivity index (χ0) is 37.9. The first kappa shape index (κ1) is 31.9. The number of rotatable bonds is 3. The van der Waals surface area contributed by atoms with Crippen molar-refractivity contribution in [1.29, 1.82) is 0 Å². The summed E-state index contributed by atoms with van der Waals surface area (Å²) in [6.07, 6.45) is 0. The Morgan fingerprint density at radius 1 is 0.310 bits per heavy atom. The van der Waals surface area contributed by atoms with Crippen molar-refractivity contribution in [3.8, 4) is 33.4 Å². The number of hydrogen-bond acceptors (Lipinski definition) is 2. The molecular formula is C56H32OS. The maximum Gasteiger partial charge on any atom is 0.143 e. The van der Waals surface area contributed by atoms with Crippen LogP contribution in [0.5, 0.6) is 0 Å². The van der Waals surface area contributed by atoms with Crippen LogP contribution in [0.2, 0.25) is 0 Å². The molecule has 58 heavy (non-hydrogen) atoms. The van der Waals surface area contributed by atoms with E-state index in [1.807, 2.05) is 11.3 Å². The molecule has 0 radical (unpaired) electrons. The second kappa shape index (κ2) is 12.1. The lowest BCUT2D eigenvalue weighted by atomic mass is 9.85. The normalized spacial score (nSPS) is 12.1. The fourth-order valence-electron chi connectivity index (χ4n) is 9.73. The molecule has 1 nitrogen and oxygen atoms in total. The monoisotopic (exact) mass is 752 g/mol. The van der Waals surface area contributed by atoms with Gasteiger partial charge >= 0.3 is 0 Å². The second-order valence-electron chi connectivity index (χ2n) is 15.6. The average molecular weight is 753 g/mol. The smallest absolute Gasteiger partial charge is 0.143 e. The van der Waals surface area contributed by atoms with Crippen molar-refractivity contribution in [3.63, 3.8) is 0 Å². The minimum absolute atomic E-state index is 0.895. The van der Waals surface area contributed by atoms with Crippen LogP contribution >= 0.6 is 11.3 Å². The predicted molar refractivity (Wildman–Crippen MR) is 250 cm³/mol. The van der Waals surface area contributed by atoms with E-state index in [1.54, 1.807) is 0 Å². The van der Waals surface area contributed by atoms with Gasteiger partial charge in [-0.15, -0.1) is 11.3 Å². The largest absolute Gasteiger partial charge is 0.455 e. The first-order valence-electron chi connectivity index (χ1n) is 19.9. The number of para-hydroxylation sites is 1. The molecule has 0 unspecified atom stereocenters. The lowest BCUT2D eigenvalue weighted by Crippen LogP contribution is -1.91. The summed E-state index contributed by atoms with van der Waals surface area (Å²) in [6, 6.07) is 71.5. The van der Waals surface area contributed by atoms with Crippen molar-refractivity contribution in [3.05, 3.63) is 194 Å². The van der Waals surface area contributed by atoms with Gasteiger partial charge in [0.15, 0.2) is 0 Å². The van der Waals surface area contributed by atoms with Gasteiger partial charge in [-0.2, -0.15) is 0 Å². The molecule has 13 aromatic rings. The zero-order valence-corrected chi connectivity index (χ0v) is 32.1. The third-order valence-corrected chi connectivity index (χ3v) is 13.5. The van der Waals surface area contributed by atoms with E-state index in [1.165, 1.54) is 96.3 Å². The summed E-state index contributed by atoms with van der Waals surface area (Å²) in [4.78, 5) is 0. The van der Waals surface area contributed by atoms with Crippen molar-refractivity contribution < 1.29 is 4.42 Å². The van der Waals surface area contributed by atoms with Crippen molar-refractivity contribution in [1.82, 2.24) is 0 Å². The number of furan rings is 1. The first-order valence-corrected chi connectivity index (χ1v) is 20.7. The molecule has 268 valence electrons. The highest BCUT2D eigenvalue weighted by Crippen LogP contribution is 2.46. The van der Waals surface area contributed by atoms with Crippen molar-refractivity contribution >= 4 is 107 Å². The summed E-state index contributed by atoms with van der Waals surface area (Å²) >= 11 is 1.88. The molecule has 13 rings (SSSR count). The fraction of sp³-hybridized carbons (Fsp3) is 0. The van der Waals surface area contributed by atoms with Gasteiger partial charge < -0.3 is 4.42 Å². The minimum atomic E-state index is 0.895. The van der Waals surface area contributed by atoms with E-state index in [9.17, 15) is 0 Å².